The second-order valence-corrected chi connectivity index (χ2v) is 4.56. The second-order valence-electron chi connectivity index (χ2n) is 4.56. The van der Waals surface area contributed by atoms with Gasteiger partial charge in [-0.1, -0.05) is 13.3 Å². The van der Waals surface area contributed by atoms with Crippen LogP contribution >= 0.6 is 0 Å². The van der Waals surface area contributed by atoms with E-state index in [0.717, 1.165) is 25.9 Å². The summed E-state index contributed by atoms with van der Waals surface area (Å²) in [5.74, 6) is 1.77. The van der Waals surface area contributed by atoms with E-state index in [1.165, 1.54) is 6.07 Å². The van der Waals surface area contributed by atoms with Gasteiger partial charge in [0.2, 0.25) is 5.82 Å². The minimum Gasteiger partial charge on any atom is -0.373 e. The van der Waals surface area contributed by atoms with Crippen LogP contribution in [-0.2, 0) is 0 Å². The maximum Gasteiger partial charge on any atom is 0.311 e. The lowest BCUT2D eigenvalue weighted by atomic mass is 10.1. The van der Waals surface area contributed by atoms with E-state index >= 15 is 0 Å². The maximum atomic E-state index is 11.0. The van der Waals surface area contributed by atoms with Crippen molar-refractivity contribution >= 4 is 17.3 Å². The van der Waals surface area contributed by atoms with Crippen LogP contribution < -0.4 is 10.2 Å². The summed E-state index contributed by atoms with van der Waals surface area (Å²) in [6.07, 6.45) is 2.19. The molecule has 1 aliphatic rings. The fourth-order valence-electron chi connectivity index (χ4n) is 2.31. The molecule has 1 unspecified atom stereocenters. The highest BCUT2D eigenvalue weighted by molar-refractivity contribution is 5.62. The first-order chi connectivity index (χ1) is 8.65. The van der Waals surface area contributed by atoms with Crippen molar-refractivity contribution in [2.24, 2.45) is 5.92 Å². The first-order valence-electron chi connectivity index (χ1n) is 6.23. The van der Waals surface area contributed by atoms with Gasteiger partial charge in [0.25, 0.3) is 0 Å². The van der Waals surface area contributed by atoms with E-state index in [0.29, 0.717) is 17.6 Å². The molecule has 1 saturated heterocycles. The monoisotopic (exact) mass is 250 g/mol. The van der Waals surface area contributed by atoms with Gasteiger partial charge in [-0.3, -0.25) is 10.1 Å². The topological polar surface area (TPSA) is 71.3 Å². The van der Waals surface area contributed by atoms with Crippen LogP contribution in [0.25, 0.3) is 0 Å². The number of hydrogen-bond donors (Lipinski definition) is 1. The van der Waals surface area contributed by atoms with Gasteiger partial charge in [-0.05, 0) is 18.4 Å². The Hall–Kier alpha value is -1.85. The van der Waals surface area contributed by atoms with Gasteiger partial charge >= 0.3 is 5.69 Å². The normalized spacial score (nSPS) is 19.0. The summed E-state index contributed by atoms with van der Waals surface area (Å²) >= 11 is 0. The van der Waals surface area contributed by atoms with Crippen LogP contribution in [0.1, 0.15) is 19.8 Å². The van der Waals surface area contributed by atoms with Crippen molar-refractivity contribution in [2.75, 3.05) is 30.4 Å². The number of hydrogen-bond acceptors (Lipinski definition) is 5. The molecule has 6 nitrogen and oxygen atoms in total. The predicted octanol–water partition coefficient (Wildman–Crippen LogP) is 2.27. The number of nitrogens with zero attached hydrogens (tertiary/aromatic N) is 3. The van der Waals surface area contributed by atoms with E-state index in [1.54, 1.807) is 13.1 Å². The van der Waals surface area contributed by atoms with Crippen LogP contribution in [0.2, 0.25) is 0 Å². The Labute approximate surface area is 106 Å². The molecule has 1 aromatic rings. The summed E-state index contributed by atoms with van der Waals surface area (Å²) in [6, 6.07) is 3.16. The van der Waals surface area contributed by atoms with Gasteiger partial charge in [0.05, 0.1) is 4.92 Å². The molecule has 1 aliphatic heterocycles. The number of anilines is 2. The summed E-state index contributed by atoms with van der Waals surface area (Å²) in [7, 11) is 1.76. The highest BCUT2D eigenvalue weighted by atomic mass is 16.6. The van der Waals surface area contributed by atoms with Gasteiger partial charge in [-0.2, -0.15) is 0 Å². The minimum absolute atomic E-state index is 0.0887. The van der Waals surface area contributed by atoms with Gasteiger partial charge in [0.15, 0.2) is 0 Å². The fourth-order valence-corrected chi connectivity index (χ4v) is 2.31. The number of nitro groups is 1. The molecule has 0 bridgehead atoms. The Bertz CT molecular complexity index is 450. The molecule has 0 spiro atoms. The van der Waals surface area contributed by atoms with Gasteiger partial charge in [0.1, 0.15) is 5.82 Å². The maximum absolute atomic E-state index is 11.0. The largest absolute Gasteiger partial charge is 0.373 e. The van der Waals surface area contributed by atoms with Crippen LogP contribution in [0.15, 0.2) is 12.1 Å². The molecule has 2 heterocycles. The van der Waals surface area contributed by atoms with E-state index < -0.39 is 0 Å². The fraction of sp³-hybridized carbons (Fsp3) is 0.583. The minimum atomic E-state index is -0.360. The van der Waals surface area contributed by atoms with Crippen molar-refractivity contribution in [1.29, 1.82) is 0 Å². The van der Waals surface area contributed by atoms with Crippen LogP contribution in [0, 0.1) is 16.0 Å². The zero-order valence-electron chi connectivity index (χ0n) is 10.7. The molecule has 1 N–H and O–H groups in total. The van der Waals surface area contributed by atoms with E-state index in [1.807, 2.05) is 4.90 Å². The lowest BCUT2D eigenvalue weighted by molar-refractivity contribution is -0.384. The van der Waals surface area contributed by atoms with E-state index in [-0.39, 0.29) is 10.6 Å². The highest BCUT2D eigenvalue weighted by Crippen LogP contribution is 2.32. The number of pyridine rings is 1. The Morgan fingerprint density at radius 2 is 2.39 bits per heavy atom. The third-order valence-corrected chi connectivity index (χ3v) is 3.47. The average molecular weight is 250 g/mol. The SMILES string of the molecule is CCC1CCN(c2nc(NC)ccc2[N+](=O)[O-])C1. The van der Waals surface area contributed by atoms with Crippen molar-refractivity contribution in [3.63, 3.8) is 0 Å². The Balaban J connectivity index is 2.32. The molecule has 18 heavy (non-hydrogen) atoms. The molecule has 0 aromatic carbocycles. The number of nitrogens with one attached hydrogen (secondary N) is 1. The molecule has 6 heteroatoms. The molecule has 0 saturated carbocycles. The average Bonchev–Trinajstić information content (AvgIpc) is 2.86. The molecular weight excluding hydrogens is 232 g/mol. The predicted molar refractivity (Wildman–Crippen MR) is 71.0 cm³/mol. The van der Waals surface area contributed by atoms with Crippen LogP contribution in [-0.4, -0.2) is 30.0 Å². The number of aromatic nitrogens is 1. The molecule has 1 fully saturated rings. The highest BCUT2D eigenvalue weighted by Gasteiger charge is 2.28. The van der Waals surface area contributed by atoms with Gasteiger partial charge in [0, 0.05) is 26.2 Å². The van der Waals surface area contributed by atoms with E-state index in [4.69, 9.17) is 0 Å². The number of rotatable bonds is 4. The Morgan fingerprint density at radius 1 is 1.61 bits per heavy atom. The first-order valence-corrected chi connectivity index (χ1v) is 6.23. The zero-order valence-corrected chi connectivity index (χ0v) is 10.7. The quantitative estimate of drug-likeness (QED) is 0.655. The van der Waals surface area contributed by atoms with E-state index in [9.17, 15) is 10.1 Å². The van der Waals surface area contributed by atoms with Gasteiger partial charge in [-0.15, -0.1) is 0 Å². The van der Waals surface area contributed by atoms with Crippen molar-refractivity contribution in [1.82, 2.24) is 4.98 Å². The smallest absolute Gasteiger partial charge is 0.311 e. The second kappa shape index (κ2) is 5.20. The van der Waals surface area contributed by atoms with Crippen molar-refractivity contribution in [2.45, 2.75) is 19.8 Å². The standard InChI is InChI=1S/C12H18N4O2/c1-3-9-6-7-15(8-9)12-10(16(17)18)4-5-11(13-2)14-12/h4-5,9H,3,6-8H2,1-2H3,(H,13,14). The molecule has 0 radical (unpaired) electrons. The Kier molecular flexibility index (Phi) is 3.64. The summed E-state index contributed by atoms with van der Waals surface area (Å²) in [5.41, 5.74) is 0.0887. The molecule has 0 aliphatic carbocycles. The third-order valence-electron chi connectivity index (χ3n) is 3.47. The Morgan fingerprint density at radius 3 is 2.94 bits per heavy atom. The van der Waals surface area contributed by atoms with Crippen molar-refractivity contribution in [3.05, 3.63) is 22.2 Å². The molecule has 1 aromatic heterocycles. The van der Waals surface area contributed by atoms with Crippen molar-refractivity contribution in [3.8, 4) is 0 Å². The van der Waals surface area contributed by atoms with Crippen LogP contribution in [0.5, 0.6) is 0 Å². The molecule has 1 atom stereocenters. The summed E-state index contributed by atoms with van der Waals surface area (Å²) in [4.78, 5) is 17.0. The lowest BCUT2D eigenvalue weighted by Gasteiger charge is -2.17. The van der Waals surface area contributed by atoms with Gasteiger partial charge < -0.3 is 10.2 Å². The lowest BCUT2D eigenvalue weighted by Crippen LogP contribution is -2.22. The molecule has 0 amide bonds. The van der Waals surface area contributed by atoms with Crippen LogP contribution in [0.4, 0.5) is 17.3 Å². The van der Waals surface area contributed by atoms with Crippen molar-refractivity contribution < 1.29 is 4.92 Å². The first kappa shape index (κ1) is 12.6. The van der Waals surface area contributed by atoms with E-state index in [2.05, 4.69) is 17.2 Å². The molecular formula is C12H18N4O2. The summed E-state index contributed by atoms with van der Waals surface area (Å²) < 4.78 is 0. The molecule has 2 rings (SSSR count). The zero-order chi connectivity index (χ0) is 13.1. The van der Waals surface area contributed by atoms with Crippen LogP contribution in [0.3, 0.4) is 0 Å². The van der Waals surface area contributed by atoms with Gasteiger partial charge in [-0.25, -0.2) is 4.98 Å². The summed E-state index contributed by atoms with van der Waals surface area (Å²) in [5, 5.41) is 14.0. The third kappa shape index (κ3) is 2.37. The summed E-state index contributed by atoms with van der Waals surface area (Å²) in [6.45, 7) is 3.86. The molecule has 98 valence electrons.